The zero-order chi connectivity index (χ0) is 15.7. The standard InChI is InChI=1S/C16H20FN3O2/c1-11-2-3-12(10-13(11)17)16(22)20-8-6-19(7-9-20)14-4-5-18-15(14)21/h2-3,10,14H,4-9H2,1H3,(H,18,21). The molecular formula is C16H20FN3O2. The fourth-order valence-electron chi connectivity index (χ4n) is 3.07. The van der Waals surface area contributed by atoms with Crippen LogP contribution in [0.2, 0.25) is 0 Å². The van der Waals surface area contributed by atoms with Crippen molar-refractivity contribution in [2.75, 3.05) is 32.7 Å². The molecule has 1 N–H and O–H groups in total. The number of piperazine rings is 1. The number of rotatable bonds is 2. The molecule has 2 aliphatic heterocycles. The molecule has 1 aromatic rings. The number of halogens is 1. The molecule has 6 heteroatoms. The molecular weight excluding hydrogens is 285 g/mol. The van der Waals surface area contributed by atoms with Crippen LogP contribution in [0, 0.1) is 12.7 Å². The van der Waals surface area contributed by atoms with Gasteiger partial charge in [-0.05, 0) is 31.0 Å². The van der Waals surface area contributed by atoms with Crippen LogP contribution in [-0.4, -0.2) is 60.4 Å². The van der Waals surface area contributed by atoms with E-state index in [2.05, 4.69) is 10.2 Å². The zero-order valence-electron chi connectivity index (χ0n) is 12.6. The predicted molar refractivity (Wildman–Crippen MR) is 80.0 cm³/mol. The second-order valence-corrected chi connectivity index (χ2v) is 5.89. The maximum absolute atomic E-state index is 13.6. The lowest BCUT2D eigenvalue weighted by molar-refractivity contribution is -0.124. The topological polar surface area (TPSA) is 52.7 Å². The van der Waals surface area contributed by atoms with E-state index in [0.29, 0.717) is 37.3 Å². The van der Waals surface area contributed by atoms with E-state index in [1.807, 2.05) is 0 Å². The van der Waals surface area contributed by atoms with Crippen LogP contribution in [0.1, 0.15) is 22.3 Å². The van der Waals surface area contributed by atoms with Crippen molar-refractivity contribution < 1.29 is 14.0 Å². The molecule has 1 aromatic carbocycles. The average molecular weight is 305 g/mol. The summed E-state index contributed by atoms with van der Waals surface area (Å²) in [5.41, 5.74) is 0.920. The van der Waals surface area contributed by atoms with E-state index in [1.54, 1.807) is 24.0 Å². The quantitative estimate of drug-likeness (QED) is 0.878. The second-order valence-electron chi connectivity index (χ2n) is 5.89. The zero-order valence-corrected chi connectivity index (χ0v) is 12.6. The van der Waals surface area contributed by atoms with Gasteiger partial charge in [-0.25, -0.2) is 4.39 Å². The molecule has 2 aliphatic rings. The molecule has 2 fully saturated rings. The van der Waals surface area contributed by atoms with Gasteiger partial charge < -0.3 is 10.2 Å². The van der Waals surface area contributed by atoms with Gasteiger partial charge in [-0.1, -0.05) is 6.07 Å². The van der Waals surface area contributed by atoms with E-state index in [1.165, 1.54) is 6.07 Å². The van der Waals surface area contributed by atoms with Crippen LogP contribution in [0.15, 0.2) is 18.2 Å². The summed E-state index contributed by atoms with van der Waals surface area (Å²) in [5.74, 6) is -0.415. The van der Waals surface area contributed by atoms with Crippen molar-refractivity contribution in [3.8, 4) is 0 Å². The van der Waals surface area contributed by atoms with Gasteiger partial charge in [0.2, 0.25) is 5.91 Å². The van der Waals surface area contributed by atoms with E-state index < -0.39 is 0 Å². The monoisotopic (exact) mass is 305 g/mol. The average Bonchev–Trinajstić information content (AvgIpc) is 2.95. The van der Waals surface area contributed by atoms with Gasteiger partial charge in [0.1, 0.15) is 5.82 Å². The third-order valence-corrected chi connectivity index (χ3v) is 4.48. The van der Waals surface area contributed by atoms with Crippen molar-refractivity contribution >= 4 is 11.8 Å². The van der Waals surface area contributed by atoms with Crippen LogP contribution < -0.4 is 5.32 Å². The van der Waals surface area contributed by atoms with Crippen molar-refractivity contribution in [2.45, 2.75) is 19.4 Å². The summed E-state index contributed by atoms with van der Waals surface area (Å²) in [6.07, 6.45) is 0.829. The molecule has 118 valence electrons. The van der Waals surface area contributed by atoms with Crippen molar-refractivity contribution in [2.24, 2.45) is 0 Å². The van der Waals surface area contributed by atoms with E-state index in [-0.39, 0.29) is 23.7 Å². The highest BCUT2D eigenvalue weighted by Crippen LogP contribution is 2.16. The van der Waals surface area contributed by atoms with Gasteiger partial charge in [-0.3, -0.25) is 14.5 Å². The Labute approximate surface area is 129 Å². The Hall–Kier alpha value is -1.95. The maximum atomic E-state index is 13.6. The minimum absolute atomic E-state index is 0.0610. The van der Waals surface area contributed by atoms with Crippen LogP contribution in [0.5, 0.6) is 0 Å². The Kier molecular flexibility index (Phi) is 4.11. The molecule has 0 aromatic heterocycles. The number of aryl methyl sites for hydroxylation is 1. The largest absolute Gasteiger partial charge is 0.355 e. The number of carbonyl (C=O) groups is 2. The van der Waals surface area contributed by atoms with Crippen molar-refractivity contribution in [3.63, 3.8) is 0 Å². The third kappa shape index (κ3) is 2.83. The Bertz CT molecular complexity index is 597. The van der Waals surface area contributed by atoms with Crippen LogP contribution >= 0.6 is 0 Å². The molecule has 0 aliphatic carbocycles. The van der Waals surface area contributed by atoms with E-state index in [9.17, 15) is 14.0 Å². The van der Waals surface area contributed by atoms with E-state index in [0.717, 1.165) is 13.0 Å². The molecule has 2 amide bonds. The normalized spacial score (nSPS) is 22.7. The molecule has 0 saturated carbocycles. The highest BCUT2D eigenvalue weighted by Gasteiger charge is 2.33. The van der Waals surface area contributed by atoms with Crippen LogP contribution in [0.25, 0.3) is 0 Å². The van der Waals surface area contributed by atoms with Gasteiger partial charge >= 0.3 is 0 Å². The lowest BCUT2D eigenvalue weighted by atomic mass is 10.1. The second kappa shape index (κ2) is 6.04. The number of carbonyl (C=O) groups excluding carboxylic acids is 2. The maximum Gasteiger partial charge on any atom is 0.254 e. The first-order valence-electron chi connectivity index (χ1n) is 7.63. The number of nitrogens with one attached hydrogen (secondary N) is 1. The van der Waals surface area contributed by atoms with Crippen molar-refractivity contribution in [1.29, 1.82) is 0 Å². The Morgan fingerprint density at radius 2 is 2.00 bits per heavy atom. The smallest absolute Gasteiger partial charge is 0.254 e. The Morgan fingerprint density at radius 3 is 2.59 bits per heavy atom. The van der Waals surface area contributed by atoms with Crippen LogP contribution in [-0.2, 0) is 4.79 Å². The van der Waals surface area contributed by atoms with Gasteiger partial charge in [0.05, 0.1) is 6.04 Å². The summed E-state index contributed by atoms with van der Waals surface area (Å²) in [5, 5.41) is 2.84. The summed E-state index contributed by atoms with van der Waals surface area (Å²) in [6.45, 7) is 4.90. The van der Waals surface area contributed by atoms with Gasteiger partial charge in [0.15, 0.2) is 0 Å². The SMILES string of the molecule is Cc1ccc(C(=O)N2CCN(C3CCNC3=O)CC2)cc1F. The summed E-state index contributed by atoms with van der Waals surface area (Å²) < 4.78 is 13.6. The third-order valence-electron chi connectivity index (χ3n) is 4.48. The first-order chi connectivity index (χ1) is 10.6. The van der Waals surface area contributed by atoms with Crippen LogP contribution in [0.3, 0.4) is 0 Å². The highest BCUT2D eigenvalue weighted by atomic mass is 19.1. The molecule has 0 radical (unpaired) electrons. The highest BCUT2D eigenvalue weighted by molar-refractivity contribution is 5.94. The van der Waals surface area contributed by atoms with Gasteiger partial charge in [0, 0.05) is 38.3 Å². The van der Waals surface area contributed by atoms with Gasteiger partial charge in [-0.15, -0.1) is 0 Å². The summed E-state index contributed by atoms with van der Waals surface area (Å²) in [7, 11) is 0. The van der Waals surface area contributed by atoms with E-state index >= 15 is 0 Å². The first-order valence-corrected chi connectivity index (χ1v) is 7.63. The Balaban J connectivity index is 1.62. The lowest BCUT2D eigenvalue weighted by Crippen LogP contribution is -2.53. The van der Waals surface area contributed by atoms with Crippen LogP contribution in [0.4, 0.5) is 4.39 Å². The van der Waals surface area contributed by atoms with E-state index in [4.69, 9.17) is 0 Å². The molecule has 0 spiro atoms. The minimum Gasteiger partial charge on any atom is -0.355 e. The lowest BCUT2D eigenvalue weighted by Gasteiger charge is -2.37. The minimum atomic E-state index is -0.355. The number of hydrogen-bond donors (Lipinski definition) is 1. The molecule has 0 bridgehead atoms. The Morgan fingerprint density at radius 1 is 1.27 bits per heavy atom. The molecule has 1 atom stereocenters. The molecule has 1 unspecified atom stereocenters. The van der Waals surface area contributed by atoms with Gasteiger partial charge in [0.25, 0.3) is 5.91 Å². The summed E-state index contributed by atoms with van der Waals surface area (Å²) in [6, 6.07) is 4.53. The molecule has 5 nitrogen and oxygen atoms in total. The molecule has 22 heavy (non-hydrogen) atoms. The fourth-order valence-corrected chi connectivity index (χ4v) is 3.07. The summed E-state index contributed by atoms with van der Waals surface area (Å²) >= 11 is 0. The number of benzene rings is 1. The first kappa shape index (κ1) is 15.0. The number of nitrogens with zero attached hydrogens (tertiary/aromatic N) is 2. The fraction of sp³-hybridized carbons (Fsp3) is 0.500. The number of amides is 2. The molecule has 2 saturated heterocycles. The van der Waals surface area contributed by atoms with Crippen molar-refractivity contribution in [3.05, 3.63) is 35.1 Å². The summed E-state index contributed by atoms with van der Waals surface area (Å²) in [4.78, 5) is 28.0. The predicted octanol–water partition coefficient (Wildman–Crippen LogP) is 0.780. The van der Waals surface area contributed by atoms with Gasteiger partial charge in [-0.2, -0.15) is 0 Å². The molecule has 3 rings (SSSR count). The van der Waals surface area contributed by atoms with Crippen molar-refractivity contribution in [1.82, 2.24) is 15.1 Å². The molecule has 2 heterocycles. The number of hydrogen-bond acceptors (Lipinski definition) is 3.